The molecule has 1 atom stereocenters. The number of carbonyl (C=O) groups excluding carboxylic acids is 1. The third kappa shape index (κ3) is 6.62. The summed E-state index contributed by atoms with van der Waals surface area (Å²) in [6.45, 7) is 6.50. The molecule has 2 aromatic carbocycles. The average Bonchev–Trinajstić information content (AvgIpc) is 2.74. The Morgan fingerprint density at radius 3 is 2.45 bits per heavy atom. The molecule has 0 aromatic heterocycles. The van der Waals surface area contributed by atoms with E-state index in [0.717, 1.165) is 21.9 Å². The Hall–Kier alpha value is -2.74. The van der Waals surface area contributed by atoms with Gasteiger partial charge in [0.1, 0.15) is 24.1 Å². The van der Waals surface area contributed by atoms with Crippen molar-refractivity contribution in [2.24, 2.45) is 0 Å². The highest BCUT2D eigenvalue weighted by Crippen LogP contribution is 2.27. The van der Waals surface area contributed by atoms with E-state index in [1.165, 1.54) is 7.11 Å². The molecule has 1 N–H and O–H groups in total. The summed E-state index contributed by atoms with van der Waals surface area (Å²) in [4.78, 5) is 12.9. The smallest absolute Gasteiger partial charge is 0.244 e. The fourth-order valence-corrected chi connectivity index (χ4v) is 4.55. The van der Waals surface area contributed by atoms with Gasteiger partial charge < -0.3 is 14.8 Å². The number of methoxy groups -OCH3 is 1. The molecule has 7 nitrogen and oxygen atoms in total. The van der Waals surface area contributed by atoms with Crippen molar-refractivity contribution < 1.29 is 22.7 Å². The van der Waals surface area contributed by atoms with E-state index < -0.39 is 16.1 Å². The Kier molecular flexibility index (Phi) is 8.74. The van der Waals surface area contributed by atoms with Gasteiger partial charge in [-0.05, 0) is 36.1 Å². The average molecular weight is 449 g/mol. The summed E-state index contributed by atoms with van der Waals surface area (Å²) in [6, 6.07) is 13.6. The summed E-state index contributed by atoms with van der Waals surface area (Å²) in [7, 11) is -2.20. The molecule has 0 aliphatic carbocycles. The third-order valence-corrected chi connectivity index (χ3v) is 6.02. The lowest BCUT2D eigenvalue weighted by Gasteiger charge is -2.30. The minimum atomic E-state index is -3.70. The molecule has 0 saturated heterocycles. The van der Waals surface area contributed by atoms with Crippen LogP contribution in [0.4, 0.5) is 5.69 Å². The molecule has 0 bridgehead atoms. The fraction of sp³-hybridized carbons (Fsp3) is 0.435. The van der Waals surface area contributed by atoms with Crippen LogP contribution in [0.5, 0.6) is 11.5 Å². The minimum absolute atomic E-state index is 0.261. The molecule has 0 fully saturated rings. The van der Waals surface area contributed by atoms with Crippen molar-refractivity contribution in [3.05, 3.63) is 54.1 Å². The summed E-state index contributed by atoms with van der Waals surface area (Å²) in [5.74, 6) is 1.24. The first-order valence-electron chi connectivity index (χ1n) is 10.3. The van der Waals surface area contributed by atoms with Crippen molar-refractivity contribution in [3.63, 3.8) is 0 Å². The number of ether oxygens (including phenoxy) is 2. The van der Waals surface area contributed by atoms with Gasteiger partial charge in [0.25, 0.3) is 0 Å². The maximum absolute atomic E-state index is 12.9. The zero-order valence-electron chi connectivity index (χ0n) is 18.8. The van der Waals surface area contributed by atoms with Gasteiger partial charge in [-0.25, -0.2) is 8.42 Å². The van der Waals surface area contributed by atoms with Crippen LogP contribution in [0.1, 0.15) is 38.7 Å². The zero-order chi connectivity index (χ0) is 23.0. The van der Waals surface area contributed by atoms with Crippen molar-refractivity contribution in [2.75, 3.05) is 30.8 Å². The number of carbonyl (C=O) groups is 1. The van der Waals surface area contributed by atoms with Gasteiger partial charge in [-0.1, -0.05) is 45.0 Å². The fourth-order valence-electron chi connectivity index (χ4n) is 3.35. The predicted octanol–water partition coefficient (Wildman–Crippen LogP) is 3.56. The number of rotatable bonds is 11. The van der Waals surface area contributed by atoms with Gasteiger partial charge in [-0.2, -0.15) is 0 Å². The molecule has 0 aliphatic rings. The van der Waals surface area contributed by atoms with Gasteiger partial charge in [0.15, 0.2) is 0 Å². The number of benzene rings is 2. The van der Waals surface area contributed by atoms with Gasteiger partial charge in [0.05, 0.1) is 25.6 Å². The van der Waals surface area contributed by atoms with Crippen molar-refractivity contribution in [2.45, 2.75) is 39.2 Å². The highest BCUT2D eigenvalue weighted by molar-refractivity contribution is 7.92. The van der Waals surface area contributed by atoms with Crippen LogP contribution >= 0.6 is 0 Å². The first-order valence-corrected chi connectivity index (χ1v) is 12.2. The molecule has 0 spiro atoms. The molecule has 8 heteroatoms. The number of anilines is 1. The van der Waals surface area contributed by atoms with Crippen LogP contribution in [0.25, 0.3) is 0 Å². The van der Waals surface area contributed by atoms with Crippen molar-refractivity contribution in [3.8, 4) is 11.5 Å². The lowest BCUT2D eigenvalue weighted by molar-refractivity contribution is -0.122. The minimum Gasteiger partial charge on any atom is -0.497 e. The maximum Gasteiger partial charge on any atom is 0.244 e. The number of nitrogens with one attached hydrogen (secondary N) is 1. The SMILES string of the molecule is CCC(C(=O)NCCOc1ccccc1C(C)C)N(c1cccc(OC)c1)S(C)(=O)=O. The van der Waals surface area contributed by atoms with Crippen molar-refractivity contribution in [1.29, 1.82) is 0 Å². The van der Waals surface area contributed by atoms with Gasteiger partial charge in [0.2, 0.25) is 15.9 Å². The largest absolute Gasteiger partial charge is 0.497 e. The highest BCUT2D eigenvalue weighted by Gasteiger charge is 2.31. The number of nitrogens with zero attached hydrogens (tertiary/aromatic N) is 1. The molecule has 170 valence electrons. The normalized spacial score (nSPS) is 12.3. The number of para-hydroxylation sites is 1. The molecular weight excluding hydrogens is 416 g/mol. The maximum atomic E-state index is 12.9. The second kappa shape index (κ2) is 11.0. The summed E-state index contributed by atoms with van der Waals surface area (Å²) in [5, 5.41) is 2.80. The van der Waals surface area contributed by atoms with Gasteiger partial charge in [0, 0.05) is 6.07 Å². The summed E-state index contributed by atoms with van der Waals surface area (Å²) in [6.07, 6.45) is 1.40. The molecule has 2 rings (SSSR count). The van der Waals surface area contributed by atoms with E-state index >= 15 is 0 Å². The first kappa shape index (κ1) is 24.5. The molecule has 1 amide bonds. The monoisotopic (exact) mass is 448 g/mol. The van der Waals surface area contributed by atoms with Crippen LogP contribution in [0.15, 0.2) is 48.5 Å². The highest BCUT2D eigenvalue weighted by atomic mass is 32.2. The Morgan fingerprint density at radius 2 is 1.84 bits per heavy atom. The van der Waals surface area contributed by atoms with Crippen LogP contribution in [-0.2, 0) is 14.8 Å². The summed E-state index contributed by atoms with van der Waals surface area (Å²) < 4.78 is 37.2. The number of hydrogen-bond acceptors (Lipinski definition) is 5. The third-order valence-electron chi connectivity index (χ3n) is 4.84. The second-order valence-electron chi connectivity index (χ2n) is 7.52. The van der Waals surface area contributed by atoms with E-state index in [1.807, 2.05) is 24.3 Å². The topological polar surface area (TPSA) is 84.9 Å². The Labute approximate surface area is 185 Å². The Morgan fingerprint density at radius 1 is 1.13 bits per heavy atom. The van der Waals surface area contributed by atoms with E-state index in [1.54, 1.807) is 31.2 Å². The quantitative estimate of drug-likeness (QED) is 0.532. The predicted molar refractivity (Wildman–Crippen MR) is 123 cm³/mol. The molecule has 2 aromatic rings. The van der Waals surface area contributed by atoms with Crippen molar-refractivity contribution in [1.82, 2.24) is 5.32 Å². The second-order valence-corrected chi connectivity index (χ2v) is 9.38. The number of sulfonamides is 1. The zero-order valence-corrected chi connectivity index (χ0v) is 19.6. The molecule has 0 saturated carbocycles. The van der Waals surface area contributed by atoms with E-state index in [4.69, 9.17) is 9.47 Å². The van der Waals surface area contributed by atoms with Crippen molar-refractivity contribution >= 4 is 21.6 Å². The number of amides is 1. The van der Waals surface area contributed by atoms with Crippen LogP contribution in [-0.4, -0.2) is 46.9 Å². The van der Waals surface area contributed by atoms with Crippen LogP contribution in [0.3, 0.4) is 0 Å². The van der Waals surface area contributed by atoms with E-state index in [-0.39, 0.29) is 19.1 Å². The summed E-state index contributed by atoms with van der Waals surface area (Å²) in [5.41, 5.74) is 1.48. The lowest BCUT2D eigenvalue weighted by Crippen LogP contribution is -2.50. The van der Waals surface area contributed by atoms with Gasteiger partial charge in [-0.3, -0.25) is 9.10 Å². The molecular formula is C23H32N2O5S. The van der Waals surface area contributed by atoms with Gasteiger partial charge in [-0.15, -0.1) is 0 Å². The molecule has 31 heavy (non-hydrogen) atoms. The van der Waals surface area contributed by atoms with E-state index in [2.05, 4.69) is 19.2 Å². The summed E-state index contributed by atoms with van der Waals surface area (Å²) >= 11 is 0. The van der Waals surface area contributed by atoms with Crippen LogP contribution < -0.4 is 19.1 Å². The van der Waals surface area contributed by atoms with Gasteiger partial charge >= 0.3 is 0 Å². The molecule has 0 heterocycles. The van der Waals surface area contributed by atoms with Crippen LogP contribution in [0, 0.1) is 0 Å². The van der Waals surface area contributed by atoms with E-state index in [9.17, 15) is 13.2 Å². The van der Waals surface area contributed by atoms with E-state index in [0.29, 0.717) is 23.8 Å². The molecule has 0 radical (unpaired) electrons. The number of hydrogen-bond donors (Lipinski definition) is 1. The Bertz CT molecular complexity index is 975. The Balaban J connectivity index is 2.08. The first-order chi connectivity index (χ1) is 14.7. The molecule has 0 aliphatic heterocycles. The molecule has 1 unspecified atom stereocenters. The standard InChI is InChI=1S/C23H32N2O5S/c1-6-21(25(31(5,27)28)18-10-9-11-19(16-18)29-4)23(26)24-14-15-30-22-13-8-7-12-20(22)17(2)3/h7-13,16-17,21H,6,14-15H2,1-5H3,(H,24,26). The lowest BCUT2D eigenvalue weighted by atomic mass is 10.0. The van der Waals surface area contributed by atoms with Crippen LogP contribution in [0.2, 0.25) is 0 Å².